The number of carbonyl (C=O) groups is 2. The van der Waals surface area contributed by atoms with Gasteiger partial charge in [-0.2, -0.15) is 0 Å². The Morgan fingerprint density at radius 1 is 1.10 bits per heavy atom. The zero-order valence-corrected chi connectivity index (χ0v) is 17.9. The van der Waals surface area contributed by atoms with Gasteiger partial charge in [0.1, 0.15) is 0 Å². The van der Waals surface area contributed by atoms with Crippen molar-refractivity contribution in [2.24, 2.45) is 0 Å². The van der Waals surface area contributed by atoms with Crippen molar-refractivity contribution in [1.82, 2.24) is 14.5 Å². The predicted molar refractivity (Wildman–Crippen MR) is 115 cm³/mol. The quantitative estimate of drug-likeness (QED) is 0.692. The number of sulfonamides is 1. The Balaban J connectivity index is 1.53. The highest BCUT2D eigenvalue weighted by Gasteiger charge is 2.26. The first-order valence-electron chi connectivity index (χ1n) is 9.67. The molecule has 0 spiro atoms. The Hall–Kier alpha value is -2.91. The summed E-state index contributed by atoms with van der Waals surface area (Å²) in [5, 5.41) is 5.99. The van der Waals surface area contributed by atoms with E-state index in [0.717, 1.165) is 16.4 Å². The van der Waals surface area contributed by atoms with E-state index in [-0.39, 0.29) is 29.0 Å². The van der Waals surface area contributed by atoms with Crippen molar-refractivity contribution in [3.63, 3.8) is 0 Å². The van der Waals surface area contributed by atoms with Gasteiger partial charge < -0.3 is 15.5 Å². The minimum Gasteiger partial charge on any atom is -0.380 e. The van der Waals surface area contributed by atoms with Crippen molar-refractivity contribution in [3.8, 4) is 0 Å². The van der Waals surface area contributed by atoms with E-state index in [0.29, 0.717) is 13.1 Å². The van der Waals surface area contributed by atoms with Gasteiger partial charge in [0.2, 0.25) is 15.9 Å². The van der Waals surface area contributed by atoms with Crippen molar-refractivity contribution in [2.75, 3.05) is 39.0 Å². The highest BCUT2D eigenvalue weighted by Crippen LogP contribution is 2.16. The minimum atomic E-state index is -3.64. The number of amides is 2. The van der Waals surface area contributed by atoms with Crippen LogP contribution in [0.25, 0.3) is 0 Å². The Morgan fingerprint density at radius 2 is 1.83 bits per heavy atom. The second-order valence-corrected chi connectivity index (χ2v) is 9.49. The highest BCUT2D eigenvalue weighted by molar-refractivity contribution is 7.89. The number of nitrogens with one attached hydrogen (secondary N) is 2. The minimum absolute atomic E-state index is 0.0286. The van der Waals surface area contributed by atoms with E-state index in [2.05, 4.69) is 10.6 Å². The van der Waals surface area contributed by atoms with Gasteiger partial charge in [0.05, 0.1) is 11.4 Å². The fraction of sp³-hybridized carbons (Fsp3) is 0.333. The third-order valence-corrected chi connectivity index (χ3v) is 6.77. The summed E-state index contributed by atoms with van der Waals surface area (Å²) in [6.45, 7) is 1.05. The van der Waals surface area contributed by atoms with Gasteiger partial charge in [-0.15, -0.1) is 0 Å². The van der Waals surface area contributed by atoms with Gasteiger partial charge in [-0.25, -0.2) is 12.7 Å². The van der Waals surface area contributed by atoms with Crippen molar-refractivity contribution < 1.29 is 18.0 Å². The van der Waals surface area contributed by atoms with Gasteiger partial charge in [0.25, 0.3) is 5.91 Å². The monoisotopic (exact) mass is 430 g/mol. The van der Waals surface area contributed by atoms with Crippen molar-refractivity contribution in [3.05, 3.63) is 60.2 Å². The maximum absolute atomic E-state index is 12.5. The lowest BCUT2D eigenvalue weighted by Crippen LogP contribution is -2.40. The van der Waals surface area contributed by atoms with Crippen LogP contribution in [0.4, 0.5) is 5.69 Å². The summed E-state index contributed by atoms with van der Waals surface area (Å²) in [5.74, 6) is -0.657. The number of nitrogens with zero attached hydrogens (tertiary/aromatic N) is 2. The van der Waals surface area contributed by atoms with Crippen molar-refractivity contribution >= 4 is 27.5 Å². The molecule has 30 heavy (non-hydrogen) atoms. The molecule has 0 aromatic heterocycles. The van der Waals surface area contributed by atoms with Gasteiger partial charge in [-0.3, -0.25) is 9.59 Å². The van der Waals surface area contributed by atoms with Gasteiger partial charge in [0.15, 0.2) is 0 Å². The molecule has 0 bridgehead atoms. The van der Waals surface area contributed by atoms with Crippen LogP contribution in [-0.4, -0.2) is 69.2 Å². The molecule has 1 heterocycles. The molecule has 1 fully saturated rings. The van der Waals surface area contributed by atoms with E-state index in [4.69, 9.17) is 0 Å². The first-order chi connectivity index (χ1) is 14.3. The highest BCUT2D eigenvalue weighted by atomic mass is 32.2. The summed E-state index contributed by atoms with van der Waals surface area (Å²) in [6, 6.07) is 15.8. The van der Waals surface area contributed by atoms with E-state index in [1.807, 2.05) is 30.3 Å². The molecule has 0 aliphatic carbocycles. The topological polar surface area (TPSA) is 98.8 Å². The van der Waals surface area contributed by atoms with E-state index >= 15 is 0 Å². The molecule has 1 unspecified atom stereocenters. The van der Waals surface area contributed by atoms with E-state index < -0.39 is 15.9 Å². The second-order valence-electron chi connectivity index (χ2n) is 7.33. The zero-order valence-electron chi connectivity index (χ0n) is 17.0. The molecule has 8 nitrogen and oxygen atoms in total. The first-order valence-corrected chi connectivity index (χ1v) is 11.1. The molecule has 2 aromatic carbocycles. The fourth-order valence-electron chi connectivity index (χ4n) is 3.25. The Labute approximate surface area is 176 Å². The predicted octanol–water partition coefficient (Wildman–Crippen LogP) is 1.38. The Bertz CT molecular complexity index is 1010. The average Bonchev–Trinajstić information content (AvgIpc) is 3.21. The molecule has 1 atom stereocenters. The van der Waals surface area contributed by atoms with Gasteiger partial charge in [-0.05, 0) is 36.8 Å². The van der Waals surface area contributed by atoms with E-state index in [1.54, 1.807) is 4.90 Å². The number of benzene rings is 2. The summed E-state index contributed by atoms with van der Waals surface area (Å²) >= 11 is 0. The smallest absolute Gasteiger partial charge is 0.251 e. The summed E-state index contributed by atoms with van der Waals surface area (Å²) < 4.78 is 25.6. The Kier molecular flexibility index (Phi) is 6.73. The first kappa shape index (κ1) is 21.8. The number of para-hydroxylation sites is 1. The maximum atomic E-state index is 12.5. The molecule has 0 radical (unpaired) electrons. The van der Waals surface area contributed by atoms with Crippen molar-refractivity contribution in [1.29, 1.82) is 0 Å². The number of rotatable bonds is 7. The van der Waals surface area contributed by atoms with Crippen LogP contribution in [-0.2, 0) is 14.8 Å². The number of likely N-dealkylation sites (tertiary alicyclic amines) is 1. The summed E-state index contributed by atoms with van der Waals surface area (Å²) in [7, 11) is -0.783. The van der Waals surface area contributed by atoms with Crippen LogP contribution in [0.3, 0.4) is 0 Å². The summed E-state index contributed by atoms with van der Waals surface area (Å²) in [4.78, 5) is 26.6. The molecule has 0 saturated carbocycles. The second kappa shape index (κ2) is 9.27. The molecule has 1 saturated heterocycles. The number of carbonyl (C=O) groups excluding carboxylic acids is 2. The third kappa shape index (κ3) is 5.17. The summed E-state index contributed by atoms with van der Waals surface area (Å²) in [6.07, 6.45) is 0.832. The molecular weight excluding hydrogens is 404 g/mol. The molecule has 9 heteroatoms. The van der Waals surface area contributed by atoms with Crippen LogP contribution in [0.1, 0.15) is 16.8 Å². The normalized spacial score (nSPS) is 16.5. The standard InChI is InChI=1S/C21H26N4O4S/c1-24(2)30(28,29)19-10-6-7-16(13-19)21(27)22-14-20(26)25-12-11-18(15-25)23-17-8-4-3-5-9-17/h3-10,13,18,23H,11-12,14-15H2,1-2H3,(H,22,27). The van der Waals surface area contributed by atoms with Crippen LogP contribution < -0.4 is 10.6 Å². The lowest BCUT2D eigenvalue weighted by atomic mass is 10.2. The third-order valence-electron chi connectivity index (χ3n) is 4.96. The van der Waals surface area contributed by atoms with Gasteiger partial charge in [0, 0.05) is 44.5 Å². The molecule has 3 rings (SSSR count). The van der Waals surface area contributed by atoms with Gasteiger partial charge in [-0.1, -0.05) is 24.3 Å². The van der Waals surface area contributed by atoms with Crippen molar-refractivity contribution in [2.45, 2.75) is 17.4 Å². The maximum Gasteiger partial charge on any atom is 0.251 e. The molecule has 2 aromatic rings. The number of anilines is 1. The summed E-state index contributed by atoms with van der Waals surface area (Å²) in [5.41, 5.74) is 1.20. The SMILES string of the molecule is CN(C)S(=O)(=O)c1cccc(C(=O)NCC(=O)N2CCC(Nc3ccccc3)C2)c1. The van der Waals surface area contributed by atoms with Crippen LogP contribution in [0, 0.1) is 0 Å². The van der Waals surface area contributed by atoms with E-state index in [9.17, 15) is 18.0 Å². The van der Waals surface area contributed by atoms with Crippen LogP contribution >= 0.6 is 0 Å². The van der Waals surface area contributed by atoms with Gasteiger partial charge >= 0.3 is 0 Å². The molecule has 2 N–H and O–H groups in total. The van der Waals surface area contributed by atoms with E-state index in [1.165, 1.54) is 38.4 Å². The molecule has 2 amide bonds. The van der Waals surface area contributed by atoms with Crippen LogP contribution in [0.15, 0.2) is 59.5 Å². The Morgan fingerprint density at radius 3 is 2.53 bits per heavy atom. The number of hydrogen-bond acceptors (Lipinski definition) is 5. The molecular formula is C21H26N4O4S. The molecule has 1 aliphatic rings. The number of hydrogen-bond donors (Lipinski definition) is 2. The average molecular weight is 431 g/mol. The fourth-order valence-corrected chi connectivity index (χ4v) is 4.20. The molecule has 1 aliphatic heterocycles. The largest absolute Gasteiger partial charge is 0.380 e. The van der Waals surface area contributed by atoms with Crippen LogP contribution in [0.5, 0.6) is 0 Å². The lowest BCUT2D eigenvalue weighted by Gasteiger charge is -2.18. The zero-order chi connectivity index (χ0) is 21.7. The molecule has 160 valence electrons. The van der Waals surface area contributed by atoms with Crippen LogP contribution in [0.2, 0.25) is 0 Å². The lowest BCUT2D eigenvalue weighted by molar-refractivity contribution is -0.129.